The SMILES string of the molecule is O=S(=O)(/C=C/c1ccccc1)NCc1ccccn1. The van der Waals surface area contributed by atoms with Crippen LogP contribution in [0.25, 0.3) is 6.08 Å². The third kappa shape index (κ3) is 4.65. The van der Waals surface area contributed by atoms with Crippen LogP contribution in [0.2, 0.25) is 0 Å². The van der Waals surface area contributed by atoms with Crippen molar-refractivity contribution < 1.29 is 8.42 Å². The summed E-state index contributed by atoms with van der Waals surface area (Å²) in [6, 6.07) is 14.6. The van der Waals surface area contributed by atoms with Crippen molar-refractivity contribution >= 4 is 16.1 Å². The van der Waals surface area contributed by atoms with E-state index >= 15 is 0 Å². The van der Waals surface area contributed by atoms with E-state index in [-0.39, 0.29) is 6.54 Å². The number of rotatable bonds is 5. The van der Waals surface area contributed by atoms with Crippen molar-refractivity contribution in [3.05, 3.63) is 71.4 Å². The number of sulfonamides is 1. The molecule has 2 aromatic rings. The van der Waals surface area contributed by atoms with Gasteiger partial charge in [0.05, 0.1) is 12.2 Å². The fourth-order valence-corrected chi connectivity index (χ4v) is 2.24. The standard InChI is InChI=1S/C14H14N2O2S/c17-19(18,11-9-13-6-2-1-3-7-13)16-12-14-8-4-5-10-15-14/h1-11,16H,12H2/b11-9+. The second-order valence-electron chi connectivity index (χ2n) is 3.90. The topological polar surface area (TPSA) is 59.1 Å². The van der Waals surface area contributed by atoms with Crippen molar-refractivity contribution in [1.82, 2.24) is 9.71 Å². The highest BCUT2D eigenvalue weighted by Crippen LogP contribution is 2.03. The highest BCUT2D eigenvalue weighted by atomic mass is 32.2. The predicted molar refractivity (Wildman–Crippen MR) is 75.5 cm³/mol. The van der Waals surface area contributed by atoms with E-state index in [1.54, 1.807) is 24.4 Å². The van der Waals surface area contributed by atoms with Gasteiger partial charge in [-0.05, 0) is 23.8 Å². The summed E-state index contributed by atoms with van der Waals surface area (Å²) in [4.78, 5) is 4.05. The van der Waals surface area contributed by atoms with Gasteiger partial charge in [-0.25, -0.2) is 13.1 Å². The Morgan fingerprint density at radius 1 is 1.05 bits per heavy atom. The first-order valence-electron chi connectivity index (χ1n) is 5.78. The summed E-state index contributed by atoms with van der Waals surface area (Å²) in [7, 11) is -3.45. The van der Waals surface area contributed by atoms with E-state index in [2.05, 4.69) is 9.71 Å². The monoisotopic (exact) mass is 274 g/mol. The maximum Gasteiger partial charge on any atom is 0.234 e. The van der Waals surface area contributed by atoms with Crippen LogP contribution in [0, 0.1) is 0 Å². The minimum absolute atomic E-state index is 0.183. The molecule has 0 radical (unpaired) electrons. The summed E-state index contributed by atoms with van der Waals surface area (Å²) in [6.45, 7) is 0.183. The van der Waals surface area contributed by atoms with Crippen LogP contribution in [0.15, 0.2) is 60.1 Å². The average Bonchev–Trinajstić information content (AvgIpc) is 2.46. The summed E-state index contributed by atoms with van der Waals surface area (Å²) in [5, 5.41) is 1.16. The van der Waals surface area contributed by atoms with Crippen LogP contribution in [-0.4, -0.2) is 13.4 Å². The molecule has 4 nitrogen and oxygen atoms in total. The highest BCUT2D eigenvalue weighted by Gasteiger charge is 2.04. The van der Waals surface area contributed by atoms with Crippen molar-refractivity contribution in [3.63, 3.8) is 0 Å². The lowest BCUT2D eigenvalue weighted by molar-refractivity contribution is 0.590. The molecular weight excluding hydrogens is 260 g/mol. The fraction of sp³-hybridized carbons (Fsp3) is 0.0714. The van der Waals surface area contributed by atoms with Gasteiger partial charge in [0.2, 0.25) is 10.0 Å². The third-order valence-corrected chi connectivity index (χ3v) is 3.46. The van der Waals surface area contributed by atoms with Gasteiger partial charge in [-0.1, -0.05) is 36.4 Å². The van der Waals surface area contributed by atoms with Gasteiger partial charge in [-0.3, -0.25) is 4.98 Å². The molecule has 19 heavy (non-hydrogen) atoms. The molecule has 1 N–H and O–H groups in total. The van der Waals surface area contributed by atoms with Gasteiger partial charge in [-0.2, -0.15) is 0 Å². The van der Waals surface area contributed by atoms with Crippen LogP contribution < -0.4 is 4.72 Å². The maximum absolute atomic E-state index is 11.8. The van der Waals surface area contributed by atoms with Gasteiger partial charge in [0.25, 0.3) is 0 Å². The number of aromatic nitrogens is 1. The number of hydrogen-bond donors (Lipinski definition) is 1. The molecule has 5 heteroatoms. The maximum atomic E-state index is 11.8. The first-order chi connectivity index (χ1) is 9.16. The summed E-state index contributed by atoms with van der Waals surface area (Å²) in [5.41, 5.74) is 1.52. The van der Waals surface area contributed by atoms with Crippen LogP contribution in [0.1, 0.15) is 11.3 Å². The molecule has 0 unspecified atom stereocenters. The van der Waals surface area contributed by atoms with Gasteiger partial charge < -0.3 is 0 Å². The largest absolute Gasteiger partial charge is 0.260 e. The lowest BCUT2D eigenvalue weighted by Gasteiger charge is -2.01. The van der Waals surface area contributed by atoms with Crippen molar-refractivity contribution in [3.8, 4) is 0 Å². The number of nitrogens with zero attached hydrogens (tertiary/aromatic N) is 1. The second-order valence-corrected chi connectivity index (χ2v) is 5.55. The molecule has 0 atom stereocenters. The van der Waals surface area contributed by atoms with Gasteiger partial charge in [0, 0.05) is 11.6 Å². The molecule has 98 valence electrons. The molecule has 0 saturated heterocycles. The molecule has 0 aliphatic rings. The highest BCUT2D eigenvalue weighted by molar-refractivity contribution is 7.92. The quantitative estimate of drug-likeness (QED) is 0.909. The lowest BCUT2D eigenvalue weighted by Crippen LogP contribution is -2.21. The predicted octanol–water partition coefficient (Wildman–Crippen LogP) is 2.17. The summed E-state index contributed by atoms with van der Waals surface area (Å²) >= 11 is 0. The molecule has 0 fully saturated rings. The van der Waals surface area contributed by atoms with Crippen molar-refractivity contribution in [2.24, 2.45) is 0 Å². The van der Waals surface area contributed by atoms with E-state index in [0.29, 0.717) is 5.69 Å². The number of nitrogens with one attached hydrogen (secondary N) is 1. The zero-order chi connectivity index (χ0) is 13.6. The zero-order valence-electron chi connectivity index (χ0n) is 10.2. The Morgan fingerprint density at radius 2 is 1.79 bits per heavy atom. The van der Waals surface area contributed by atoms with E-state index in [0.717, 1.165) is 11.0 Å². The van der Waals surface area contributed by atoms with E-state index < -0.39 is 10.0 Å². The molecule has 0 aliphatic heterocycles. The second kappa shape index (κ2) is 6.26. The Labute approximate surface area is 112 Å². The summed E-state index contributed by atoms with van der Waals surface area (Å²) in [5.74, 6) is 0. The number of benzene rings is 1. The molecule has 0 bridgehead atoms. The average molecular weight is 274 g/mol. The van der Waals surface area contributed by atoms with Crippen molar-refractivity contribution in [2.75, 3.05) is 0 Å². The number of pyridine rings is 1. The Hall–Kier alpha value is -1.98. The van der Waals surface area contributed by atoms with E-state index in [1.165, 1.54) is 0 Å². The van der Waals surface area contributed by atoms with Gasteiger partial charge in [0.15, 0.2) is 0 Å². The van der Waals surface area contributed by atoms with E-state index in [1.807, 2.05) is 36.4 Å². The van der Waals surface area contributed by atoms with Gasteiger partial charge >= 0.3 is 0 Å². The van der Waals surface area contributed by atoms with Crippen LogP contribution in [0.5, 0.6) is 0 Å². The lowest BCUT2D eigenvalue weighted by atomic mass is 10.2. The van der Waals surface area contributed by atoms with E-state index in [9.17, 15) is 8.42 Å². The van der Waals surface area contributed by atoms with Crippen molar-refractivity contribution in [1.29, 1.82) is 0 Å². The molecule has 1 heterocycles. The van der Waals surface area contributed by atoms with Crippen LogP contribution in [-0.2, 0) is 16.6 Å². The first-order valence-corrected chi connectivity index (χ1v) is 7.33. The Kier molecular flexibility index (Phi) is 4.43. The Bertz CT molecular complexity index is 638. The minimum Gasteiger partial charge on any atom is -0.260 e. The first kappa shape index (κ1) is 13.5. The molecular formula is C14H14N2O2S. The van der Waals surface area contributed by atoms with Crippen LogP contribution in [0.3, 0.4) is 0 Å². The molecule has 0 spiro atoms. The number of hydrogen-bond acceptors (Lipinski definition) is 3. The molecule has 0 amide bonds. The zero-order valence-corrected chi connectivity index (χ0v) is 11.0. The third-order valence-electron chi connectivity index (χ3n) is 2.42. The molecule has 1 aromatic carbocycles. The smallest absolute Gasteiger partial charge is 0.234 e. The molecule has 2 rings (SSSR count). The normalized spacial score (nSPS) is 11.8. The van der Waals surface area contributed by atoms with Crippen LogP contribution in [0.4, 0.5) is 0 Å². The summed E-state index contributed by atoms with van der Waals surface area (Å²) in [6.07, 6.45) is 3.18. The Balaban J connectivity index is 1.98. The van der Waals surface area contributed by atoms with Crippen molar-refractivity contribution in [2.45, 2.75) is 6.54 Å². The molecule has 0 aliphatic carbocycles. The fourth-order valence-electron chi connectivity index (χ4n) is 1.46. The van der Waals surface area contributed by atoms with Gasteiger partial charge in [0.1, 0.15) is 0 Å². The Morgan fingerprint density at radius 3 is 2.47 bits per heavy atom. The van der Waals surface area contributed by atoms with Crippen LogP contribution >= 0.6 is 0 Å². The summed E-state index contributed by atoms with van der Waals surface area (Å²) < 4.78 is 26.0. The molecule has 0 saturated carbocycles. The van der Waals surface area contributed by atoms with E-state index in [4.69, 9.17) is 0 Å². The molecule has 1 aromatic heterocycles. The van der Waals surface area contributed by atoms with Gasteiger partial charge in [-0.15, -0.1) is 0 Å². The minimum atomic E-state index is -3.45.